The minimum atomic E-state index is -0.447. The summed E-state index contributed by atoms with van der Waals surface area (Å²) in [5.41, 5.74) is 0.732. The van der Waals surface area contributed by atoms with Gasteiger partial charge in [0.1, 0.15) is 4.32 Å². The van der Waals surface area contributed by atoms with Crippen molar-refractivity contribution in [1.29, 1.82) is 0 Å². The number of rotatable bonds is 5. The Morgan fingerprint density at radius 2 is 1.62 bits per heavy atom. The summed E-state index contributed by atoms with van der Waals surface area (Å²) in [6.45, 7) is 5.47. The Bertz CT molecular complexity index is 807. The number of thioether (sulfide) groups is 1. The predicted molar refractivity (Wildman–Crippen MR) is 130 cm³/mol. The monoisotopic (exact) mass is 478 g/mol. The molecule has 2 aliphatic rings. The normalized spacial score (nSPS) is 17.1. The van der Waals surface area contributed by atoms with Crippen LogP contribution in [0.15, 0.2) is 30.3 Å². The summed E-state index contributed by atoms with van der Waals surface area (Å²) in [5, 5.41) is 2.84. The van der Waals surface area contributed by atoms with Crippen LogP contribution in [0.5, 0.6) is 0 Å². The minimum absolute atomic E-state index is 0.103. The van der Waals surface area contributed by atoms with E-state index in [-0.39, 0.29) is 24.3 Å². The number of nitrogens with zero attached hydrogens (tertiary/aromatic N) is 3. The van der Waals surface area contributed by atoms with Gasteiger partial charge in [0.2, 0.25) is 0 Å². The Morgan fingerprint density at radius 3 is 2.28 bits per heavy atom. The number of thiocarbonyl (C=S) groups is 1. The first-order chi connectivity index (χ1) is 15.4. The molecule has 0 spiro atoms. The molecule has 2 heterocycles. The number of likely N-dealkylation sites (tertiary alicyclic amines) is 1. The number of ether oxygens (including phenoxy) is 1. The van der Waals surface area contributed by atoms with Crippen LogP contribution in [-0.2, 0) is 14.3 Å². The van der Waals surface area contributed by atoms with Crippen molar-refractivity contribution in [2.45, 2.75) is 19.8 Å². The van der Waals surface area contributed by atoms with Crippen LogP contribution in [0.3, 0.4) is 0 Å². The summed E-state index contributed by atoms with van der Waals surface area (Å²) < 4.78 is 5.86. The molecule has 1 N–H and O–H groups in total. The number of nitrogens with one attached hydrogen (secondary N) is 1. The van der Waals surface area contributed by atoms with Gasteiger partial charge in [0.25, 0.3) is 5.91 Å². The number of para-hydroxylation sites is 1. The molecule has 2 saturated heterocycles. The fourth-order valence-electron chi connectivity index (χ4n) is 3.56. The molecule has 0 bridgehead atoms. The van der Waals surface area contributed by atoms with Gasteiger partial charge in [-0.1, -0.05) is 49.1 Å². The number of piperazine rings is 1. The number of anilines is 1. The molecule has 0 saturated carbocycles. The maximum absolute atomic E-state index is 12.4. The van der Waals surface area contributed by atoms with E-state index in [4.69, 9.17) is 17.0 Å². The first-order valence-corrected chi connectivity index (χ1v) is 12.3. The van der Waals surface area contributed by atoms with Gasteiger partial charge in [-0.3, -0.25) is 9.59 Å². The van der Waals surface area contributed by atoms with E-state index < -0.39 is 5.97 Å². The molecule has 10 heteroatoms. The van der Waals surface area contributed by atoms with E-state index in [2.05, 4.69) is 17.1 Å². The summed E-state index contributed by atoms with van der Waals surface area (Å²) in [6.07, 6.45) is 2.22. The summed E-state index contributed by atoms with van der Waals surface area (Å²) >= 11 is 6.70. The van der Waals surface area contributed by atoms with Crippen LogP contribution in [0.4, 0.5) is 10.5 Å². The zero-order chi connectivity index (χ0) is 22.9. The van der Waals surface area contributed by atoms with Gasteiger partial charge in [0.05, 0.1) is 5.75 Å². The lowest BCUT2D eigenvalue weighted by molar-refractivity contribution is -0.150. The van der Waals surface area contributed by atoms with Crippen molar-refractivity contribution in [2.24, 2.45) is 5.92 Å². The number of amides is 3. The molecule has 0 radical (unpaired) electrons. The predicted octanol–water partition coefficient (Wildman–Crippen LogP) is 2.66. The van der Waals surface area contributed by atoms with Crippen LogP contribution in [0.2, 0.25) is 0 Å². The van der Waals surface area contributed by atoms with Crippen LogP contribution in [0.25, 0.3) is 0 Å². The molecule has 1 aromatic rings. The molecule has 3 amide bonds. The van der Waals surface area contributed by atoms with Gasteiger partial charge in [-0.25, -0.2) is 4.79 Å². The van der Waals surface area contributed by atoms with Gasteiger partial charge in [-0.05, 0) is 30.9 Å². The van der Waals surface area contributed by atoms with E-state index in [9.17, 15) is 14.4 Å². The van der Waals surface area contributed by atoms with Crippen molar-refractivity contribution < 1.29 is 19.1 Å². The van der Waals surface area contributed by atoms with Crippen molar-refractivity contribution in [3.8, 4) is 0 Å². The fraction of sp³-hybridized carbons (Fsp3) is 0.545. The zero-order valence-electron chi connectivity index (χ0n) is 18.3. The highest BCUT2D eigenvalue weighted by atomic mass is 32.2. The Balaban J connectivity index is 1.31. The molecule has 0 unspecified atom stereocenters. The maximum Gasteiger partial charge on any atom is 0.321 e. The van der Waals surface area contributed by atoms with Crippen LogP contribution < -0.4 is 5.32 Å². The SMILES string of the molecule is CC1CCN(C(=S)SCC(=O)OCC(=O)N2CCN(C(=O)Nc3ccccc3)CC2)CC1. The van der Waals surface area contributed by atoms with E-state index in [0.717, 1.165) is 37.5 Å². The molecular weight excluding hydrogens is 448 g/mol. The number of urea groups is 1. The standard InChI is InChI=1S/C22H30N4O4S2/c1-17-7-9-26(10-8-17)22(31)32-16-20(28)30-15-19(27)24-11-13-25(14-12-24)21(29)23-18-5-3-2-4-6-18/h2-6,17H,7-16H2,1H3,(H,23,29). The largest absolute Gasteiger partial charge is 0.455 e. The van der Waals surface area contributed by atoms with Crippen LogP contribution in [-0.4, -0.2) is 88.6 Å². The molecule has 8 nitrogen and oxygen atoms in total. The summed E-state index contributed by atoms with van der Waals surface area (Å²) in [7, 11) is 0. The number of carbonyl (C=O) groups is 3. The molecule has 32 heavy (non-hydrogen) atoms. The number of benzene rings is 1. The second kappa shape index (κ2) is 12.1. The molecule has 0 aliphatic carbocycles. The van der Waals surface area contributed by atoms with E-state index in [1.54, 1.807) is 9.80 Å². The lowest BCUT2D eigenvalue weighted by Gasteiger charge is -2.34. The second-order valence-corrected chi connectivity index (χ2v) is 9.66. The van der Waals surface area contributed by atoms with Crippen molar-refractivity contribution in [3.63, 3.8) is 0 Å². The topological polar surface area (TPSA) is 82.2 Å². The third-order valence-corrected chi connectivity index (χ3v) is 7.15. The second-order valence-electron chi connectivity index (χ2n) is 8.05. The number of carbonyl (C=O) groups excluding carboxylic acids is 3. The lowest BCUT2D eigenvalue weighted by Crippen LogP contribution is -2.52. The highest BCUT2D eigenvalue weighted by Crippen LogP contribution is 2.20. The number of piperidine rings is 1. The first-order valence-electron chi connectivity index (χ1n) is 10.9. The summed E-state index contributed by atoms with van der Waals surface area (Å²) in [5.74, 6) is 0.122. The lowest BCUT2D eigenvalue weighted by atomic mass is 10.00. The van der Waals surface area contributed by atoms with Crippen molar-refractivity contribution in [2.75, 3.05) is 56.9 Å². The maximum atomic E-state index is 12.4. The van der Waals surface area contributed by atoms with Gasteiger partial charge >= 0.3 is 12.0 Å². The molecule has 174 valence electrons. The third kappa shape index (κ3) is 7.37. The van der Waals surface area contributed by atoms with Crippen LogP contribution >= 0.6 is 24.0 Å². The first kappa shape index (κ1) is 24.3. The molecule has 0 aromatic heterocycles. The summed E-state index contributed by atoms with van der Waals surface area (Å²) in [6, 6.07) is 9.05. The fourth-order valence-corrected chi connectivity index (χ4v) is 4.61. The van der Waals surface area contributed by atoms with E-state index in [0.29, 0.717) is 30.5 Å². The summed E-state index contributed by atoms with van der Waals surface area (Å²) in [4.78, 5) is 42.2. The highest BCUT2D eigenvalue weighted by Gasteiger charge is 2.25. The van der Waals surface area contributed by atoms with Crippen molar-refractivity contribution in [1.82, 2.24) is 14.7 Å². The molecule has 3 rings (SSSR count). The van der Waals surface area contributed by atoms with Crippen molar-refractivity contribution >= 4 is 51.9 Å². The van der Waals surface area contributed by atoms with Gasteiger partial charge in [-0.15, -0.1) is 0 Å². The van der Waals surface area contributed by atoms with E-state index in [1.807, 2.05) is 30.3 Å². The highest BCUT2D eigenvalue weighted by molar-refractivity contribution is 8.23. The Kier molecular flexibility index (Phi) is 9.16. The minimum Gasteiger partial charge on any atom is -0.455 e. The van der Waals surface area contributed by atoms with Crippen LogP contribution in [0, 0.1) is 5.92 Å². The van der Waals surface area contributed by atoms with E-state index in [1.165, 1.54) is 11.8 Å². The average molecular weight is 479 g/mol. The van der Waals surface area contributed by atoms with Gasteiger partial charge in [0.15, 0.2) is 6.61 Å². The third-order valence-electron chi connectivity index (χ3n) is 5.66. The van der Waals surface area contributed by atoms with E-state index >= 15 is 0 Å². The van der Waals surface area contributed by atoms with Gasteiger partial charge in [-0.2, -0.15) is 0 Å². The molecule has 2 fully saturated rings. The number of hydrogen-bond acceptors (Lipinski definition) is 6. The molecule has 2 aliphatic heterocycles. The van der Waals surface area contributed by atoms with Crippen molar-refractivity contribution in [3.05, 3.63) is 30.3 Å². The molecular formula is C22H30N4O4S2. The average Bonchev–Trinajstić information content (AvgIpc) is 2.82. The van der Waals surface area contributed by atoms with Gasteiger partial charge in [0, 0.05) is 45.0 Å². The molecule has 0 atom stereocenters. The quantitative estimate of drug-likeness (QED) is 0.515. The number of esters is 1. The Morgan fingerprint density at radius 1 is 1.00 bits per heavy atom. The smallest absolute Gasteiger partial charge is 0.321 e. The number of hydrogen-bond donors (Lipinski definition) is 1. The molecule has 1 aromatic carbocycles. The Hall–Kier alpha value is -2.33. The van der Waals surface area contributed by atoms with Gasteiger partial charge < -0.3 is 24.8 Å². The zero-order valence-corrected chi connectivity index (χ0v) is 20.0. The van der Waals surface area contributed by atoms with Crippen LogP contribution in [0.1, 0.15) is 19.8 Å². The Labute approximate surface area is 198 Å².